The summed E-state index contributed by atoms with van der Waals surface area (Å²) >= 11 is 0. The van der Waals surface area contributed by atoms with E-state index in [1.165, 1.54) is 16.7 Å². The van der Waals surface area contributed by atoms with Gasteiger partial charge in [-0.15, -0.1) is 0 Å². The van der Waals surface area contributed by atoms with Crippen LogP contribution in [-0.4, -0.2) is 48.2 Å². The molecule has 0 saturated carbocycles. The average molecular weight is 462 g/mol. The predicted octanol–water partition coefficient (Wildman–Crippen LogP) is 3.89. The molecule has 7 nitrogen and oxygen atoms in total. The highest BCUT2D eigenvalue weighted by Gasteiger charge is 2.21. The molecule has 2 aromatic carbocycles. The maximum Gasteiger partial charge on any atom is 0.263 e. The topological polar surface area (TPSA) is 83.2 Å². The highest BCUT2D eigenvalue weighted by molar-refractivity contribution is 5.81. The fourth-order valence-electron chi connectivity index (χ4n) is 4.24. The Morgan fingerprint density at radius 2 is 1.82 bits per heavy atom. The van der Waals surface area contributed by atoms with Crippen LogP contribution in [0.1, 0.15) is 18.4 Å². The number of ether oxygens (including phenoxy) is 1. The van der Waals surface area contributed by atoms with Crippen molar-refractivity contribution in [1.29, 1.82) is 5.26 Å². The van der Waals surface area contributed by atoms with Crippen molar-refractivity contribution in [1.82, 2.24) is 14.5 Å². The van der Waals surface area contributed by atoms with Crippen LogP contribution in [0.25, 0.3) is 22.4 Å². The standard InChI is InChI=1S/C26H28FN5O2/c1-31-12-10-17(11-13-31)16-29-26-30-24(19-4-5-20(15-28)22(27)14-19)23(25(33)32(26)2)18-6-8-21(34-3)9-7-18/h4-9,14,17H,10-13,16H2,1-3H3,(H,29,30). The zero-order chi connectivity index (χ0) is 24.2. The van der Waals surface area contributed by atoms with Gasteiger partial charge in [0.15, 0.2) is 0 Å². The molecule has 176 valence electrons. The number of anilines is 1. The molecule has 1 fully saturated rings. The average Bonchev–Trinajstić information content (AvgIpc) is 2.86. The number of halogens is 1. The van der Waals surface area contributed by atoms with E-state index in [2.05, 4.69) is 17.3 Å². The van der Waals surface area contributed by atoms with Gasteiger partial charge in [0.2, 0.25) is 5.95 Å². The third-order valence-corrected chi connectivity index (χ3v) is 6.42. The van der Waals surface area contributed by atoms with Crippen molar-refractivity contribution in [3.8, 4) is 34.2 Å². The molecule has 0 spiro atoms. The summed E-state index contributed by atoms with van der Waals surface area (Å²) in [6, 6.07) is 13.2. The molecule has 3 aromatic rings. The highest BCUT2D eigenvalue weighted by atomic mass is 19.1. The smallest absolute Gasteiger partial charge is 0.263 e. The van der Waals surface area contributed by atoms with Gasteiger partial charge in [-0.05, 0) is 68.7 Å². The Morgan fingerprint density at radius 1 is 1.15 bits per heavy atom. The van der Waals surface area contributed by atoms with E-state index in [1.54, 1.807) is 44.5 Å². The van der Waals surface area contributed by atoms with Crippen molar-refractivity contribution >= 4 is 5.95 Å². The Morgan fingerprint density at radius 3 is 2.44 bits per heavy atom. The minimum atomic E-state index is -0.649. The zero-order valence-corrected chi connectivity index (χ0v) is 19.6. The van der Waals surface area contributed by atoms with Crippen LogP contribution in [0.15, 0.2) is 47.3 Å². The summed E-state index contributed by atoms with van der Waals surface area (Å²) in [6.07, 6.45) is 2.16. The van der Waals surface area contributed by atoms with Crippen molar-refractivity contribution in [3.05, 3.63) is 64.2 Å². The monoisotopic (exact) mass is 461 g/mol. The molecule has 1 aliphatic heterocycles. The fourth-order valence-corrected chi connectivity index (χ4v) is 4.24. The number of likely N-dealkylation sites (tertiary alicyclic amines) is 1. The molecule has 0 aliphatic carbocycles. The van der Waals surface area contributed by atoms with Crippen LogP contribution in [0.3, 0.4) is 0 Å². The van der Waals surface area contributed by atoms with Crippen LogP contribution in [0.4, 0.5) is 10.3 Å². The van der Waals surface area contributed by atoms with Crippen LogP contribution in [0.5, 0.6) is 5.75 Å². The predicted molar refractivity (Wildman–Crippen MR) is 130 cm³/mol. The molecule has 0 bridgehead atoms. The van der Waals surface area contributed by atoms with Gasteiger partial charge in [0.25, 0.3) is 5.56 Å². The first-order valence-corrected chi connectivity index (χ1v) is 11.3. The van der Waals surface area contributed by atoms with Crippen molar-refractivity contribution in [2.75, 3.05) is 39.1 Å². The third kappa shape index (κ3) is 4.80. The van der Waals surface area contributed by atoms with Crippen LogP contribution in [0.2, 0.25) is 0 Å². The third-order valence-electron chi connectivity index (χ3n) is 6.42. The van der Waals surface area contributed by atoms with Gasteiger partial charge < -0.3 is 15.0 Å². The quantitative estimate of drug-likeness (QED) is 0.600. The summed E-state index contributed by atoms with van der Waals surface area (Å²) in [5.41, 5.74) is 1.50. The lowest BCUT2D eigenvalue weighted by Crippen LogP contribution is -2.34. The molecule has 1 aromatic heterocycles. The van der Waals surface area contributed by atoms with Crippen molar-refractivity contribution in [2.45, 2.75) is 12.8 Å². The van der Waals surface area contributed by atoms with E-state index < -0.39 is 5.82 Å². The summed E-state index contributed by atoms with van der Waals surface area (Å²) in [4.78, 5) is 20.6. The second-order valence-electron chi connectivity index (χ2n) is 8.69. The molecule has 2 heterocycles. The summed E-state index contributed by atoms with van der Waals surface area (Å²) in [5, 5.41) is 12.5. The fraction of sp³-hybridized carbons (Fsp3) is 0.346. The lowest BCUT2D eigenvalue weighted by Gasteiger charge is -2.29. The normalized spacial score (nSPS) is 14.6. The van der Waals surface area contributed by atoms with Crippen LogP contribution >= 0.6 is 0 Å². The van der Waals surface area contributed by atoms with E-state index >= 15 is 0 Å². The first-order valence-electron chi connectivity index (χ1n) is 11.3. The number of methoxy groups -OCH3 is 1. The molecule has 1 aliphatic rings. The van der Waals surface area contributed by atoms with Gasteiger partial charge >= 0.3 is 0 Å². The number of rotatable bonds is 6. The molecule has 0 amide bonds. The molecular formula is C26H28FN5O2. The van der Waals surface area contributed by atoms with E-state index in [-0.39, 0.29) is 11.1 Å². The SMILES string of the molecule is COc1ccc(-c2c(-c3ccc(C#N)c(F)c3)nc(NCC3CCN(C)CC3)n(C)c2=O)cc1. The first-order chi connectivity index (χ1) is 16.4. The second-order valence-corrected chi connectivity index (χ2v) is 8.69. The van der Waals surface area contributed by atoms with E-state index in [0.29, 0.717) is 46.5 Å². The van der Waals surface area contributed by atoms with Crippen LogP contribution in [-0.2, 0) is 7.05 Å². The lowest BCUT2D eigenvalue weighted by molar-refractivity contribution is 0.226. The summed E-state index contributed by atoms with van der Waals surface area (Å²) < 4.78 is 21.2. The number of aromatic nitrogens is 2. The van der Waals surface area contributed by atoms with Gasteiger partial charge in [-0.2, -0.15) is 5.26 Å². The number of nitrogens with one attached hydrogen (secondary N) is 1. The molecule has 0 atom stereocenters. The minimum absolute atomic E-state index is 0.0563. The Bertz CT molecular complexity index is 1270. The Labute approximate surface area is 198 Å². The number of nitrogens with zero attached hydrogens (tertiary/aromatic N) is 4. The molecule has 34 heavy (non-hydrogen) atoms. The summed E-state index contributed by atoms with van der Waals surface area (Å²) in [6.45, 7) is 2.80. The molecule has 1 N–H and O–H groups in total. The first kappa shape index (κ1) is 23.5. The van der Waals surface area contributed by atoms with Gasteiger partial charge in [0, 0.05) is 19.2 Å². The van der Waals surface area contributed by atoms with Crippen LogP contribution in [0, 0.1) is 23.1 Å². The second kappa shape index (κ2) is 10.1. The van der Waals surface area contributed by atoms with E-state index in [0.717, 1.165) is 25.9 Å². The molecule has 8 heteroatoms. The van der Waals surface area contributed by atoms with Gasteiger partial charge in [0.05, 0.1) is 23.9 Å². The van der Waals surface area contributed by atoms with E-state index in [4.69, 9.17) is 15.0 Å². The van der Waals surface area contributed by atoms with Crippen molar-refractivity contribution in [2.24, 2.45) is 13.0 Å². The highest BCUT2D eigenvalue weighted by Crippen LogP contribution is 2.31. The maximum absolute atomic E-state index is 14.5. The largest absolute Gasteiger partial charge is 0.497 e. The maximum atomic E-state index is 14.5. The molecule has 4 rings (SSSR count). The lowest BCUT2D eigenvalue weighted by atomic mass is 9.97. The number of hydrogen-bond donors (Lipinski definition) is 1. The minimum Gasteiger partial charge on any atom is -0.497 e. The zero-order valence-electron chi connectivity index (χ0n) is 19.6. The van der Waals surface area contributed by atoms with Gasteiger partial charge in [-0.3, -0.25) is 9.36 Å². The van der Waals surface area contributed by atoms with Crippen LogP contribution < -0.4 is 15.6 Å². The summed E-state index contributed by atoms with van der Waals surface area (Å²) in [7, 11) is 5.38. The number of benzene rings is 2. The molecule has 0 unspecified atom stereocenters. The number of piperidine rings is 1. The van der Waals surface area contributed by atoms with Gasteiger partial charge in [0.1, 0.15) is 17.6 Å². The van der Waals surface area contributed by atoms with Gasteiger partial charge in [-0.25, -0.2) is 9.37 Å². The van der Waals surface area contributed by atoms with Gasteiger partial charge in [-0.1, -0.05) is 18.2 Å². The number of nitriles is 1. The summed E-state index contributed by atoms with van der Waals surface area (Å²) in [5.74, 6) is 0.936. The Kier molecular flexibility index (Phi) is 6.94. The van der Waals surface area contributed by atoms with E-state index in [1.807, 2.05) is 6.07 Å². The molecular weight excluding hydrogens is 433 g/mol. The Hall–Kier alpha value is -3.70. The van der Waals surface area contributed by atoms with Crippen molar-refractivity contribution in [3.63, 3.8) is 0 Å². The molecule has 0 radical (unpaired) electrons. The Balaban J connectivity index is 1.78. The molecule has 1 saturated heterocycles. The van der Waals surface area contributed by atoms with Crippen molar-refractivity contribution < 1.29 is 9.13 Å². The number of hydrogen-bond acceptors (Lipinski definition) is 6. The van der Waals surface area contributed by atoms with E-state index in [9.17, 15) is 9.18 Å².